The van der Waals surface area contributed by atoms with Crippen molar-refractivity contribution >= 4 is 58.3 Å². The van der Waals surface area contributed by atoms with Crippen molar-refractivity contribution in [3.8, 4) is 12.1 Å². The molecule has 80 valence electrons. The van der Waals surface area contributed by atoms with Gasteiger partial charge in [-0.25, -0.2) is 0 Å². The molecule has 0 bridgehead atoms. The lowest BCUT2D eigenvalue weighted by atomic mass is 9.92. The molecule has 0 spiro atoms. The summed E-state index contributed by atoms with van der Waals surface area (Å²) in [6.45, 7) is 0. The number of hydrogen-bond donors (Lipinski definition) is 4. The minimum Gasteiger partial charge on any atom is -0.339 e. The highest BCUT2D eigenvalue weighted by atomic mass is 32.1. The van der Waals surface area contributed by atoms with Crippen molar-refractivity contribution in [1.82, 2.24) is 10.6 Å². The van der Waals surface area contributed by atoms with Gasteiger partial charge in [0.25, 0.3) is 0 Å². The molecule has 8 heteroatoms. The van der Waals surface area contributed by atoms with Crippen LogP contribution < -0.4 is 10.6 Å². The van der Waals surface area contributed by atoms with Crippen LogP contribution in [0, 0.1) is 22.7 Å². The Morgan fingerprint density at radius 2 is 1.25 bits per heavy atom. The normalized spacial score (nSPS) is 13.5. The minimum absolute atomic E-state index is 0.183. The second-order valence-electron chi connectivity index (χ2n) is 2.58. The Hall–Kier alpha value is -1.06. The second-order valence-corrected chi connectivity index (χ2v) is 4.90. The van der Waals surface area contributed by atoms with Gasteiger partial charge < -0.3 is 10.6 Å². The van der Waals surface area contributed by atoms with Gasteiger partial charge in [-0.1, -0.05) is 24.4 Å². The molecule has 0 atom stereocenters. The number of rotatable bonds is 2. The quantitative estimate of drug-likeness (QED) is 0.451. The van der Waals surface area contributed by atoms with E-state index >= 15 is 0 Å². The molecule has 1 aliphatic carbocycles. The average molecular weight is 284 g/mol. The van der Waals surface area contributed by atoms with E-state index in [0.29, 0.717) is 11.4 Å². The van der Waals surface area contributed by atoms with Crippen LogP contribution in [-0.2, 0) is 0 Å². The summed E-state index contributed by atoms with van der Waals surface area (Å²) in [5, 5.41) is 23.1. The molecule has 0 amide bonds. The number of allylic oxidation sites excluding steroid dienone is 2. The van der Waals surface area contributed by atoms with Gasteiger partial charge in [0.05, 0.1) is 11.4 Å². The summed E-state index contributed by atoms with van der Waals surface area (Å²) in [6, 6.07) is 3.87. The van der Waals surface area contributed by atoms with Gasteiger partial charge in [0.2, 0.25) is 0 Å². The SMILES string of the molecule is N#CC1=C(NC(=S)S)C(C#N)=C1NC(=S)S. The van der Waals surface area contributed by atoms with Gasteiger partial charge in [-0.2, -0.15) is 10.5 Å². The van der Waals surface area contributed by atoms with E-state index in [1.165, 1.54) is 0 Å². The number of thiocarbonyl (C=S) groups is 2. The Labute approximate surface area is 114 Å². The van der Waals surface area contributed by atoms with Gasteiger partial charge in [0.1, 0.15) is 31.9 Å². The van der Waals surface area contributed by atoms with Gasteiger partial charge in [-0.15, -0.1) is 25.3 Å². The largest absolute Gasteiger partial charge is 0.339 e. The van der Waals surface area contributed by atoms with E-state index in [1.54, 1.807) is 0 Å². The van der Waals surface area contributed by atoms with E-state index < -0.39 is 0 Å². The lowest BCUT2D eigenvalue weighted by Crippen LogP contribution is -2.32. The van der Waals surface area contributed by atoms with Crippen molar-refractivity contribution in [3.05, 3.63) is 22.5 Å². The maximum atomic E-state index is 8.90. The number of nitriles is 2. The van der Waals surface area contributed by atoms with E-state index in [4.69, 9.17) is 35.0 Å². The van der Waals surface area contributed by atoms with E-state index in [1.807, 2.05) is 12.1 Å². The lowest BCUT2D eigenvalue weighted by molar-refractivity contribution is 1.01. The Balaban J connectivity index is 3.03. The molecule has 0 unspecified atom stereocenters. The second kappa shape index (κ2) is 5.32. The Kier molecular flexibility index (Phi) is 4.33. The van der Waals surface area contributed by atoms with Crippen LogP contribution in [0.3, 0.4) is 0 Å². The molecule has 0 aliphatic heterocycles. The summed E-state index contributed by atoms with van der Waals surface area (Å²) in [4.78, 5) is 0. The van der Waals surface area contributed by atoms with Gasteiger partial charge in [0.15, 0.2) is 0 Å². The topological polar surface area (TPSA) is 71.6 Å². The van der Waals surface area contributed by atoms with Crippen molar-refractivity contribution in [3.63, 3.8) is 0 Å². The van der Waals surface area contributed by atoms with Gasteiger partial charge in [0, 0.05) is 0 Å². The van der Waals surface area contributed by atoms with Crippen molar-refractivity contribution in [2.24, 2.45) is 0 Å². The van der Waals surface area contributed by atoms with Gasteiger partial charge in [-0.05, 0) is 0 Å². The maximum absolute atomic E-state index is 8.90. The maximum Gasteiger partial charge on any atom is 0.135 e. The first kappa shape index (κ1) is 13.0. The monoisotopic (exact) mass is 284 g/mol. The van der Waals surface area contributed by atoms with Crippen molar-refractivity contribution in [2.45, 2.75) is 0 Å². The van der Waals surface area contributed by atoms with E-state index in [0.717, 1.165) is 0 Å². The Morgan fingerprint density at radius 3 is 1.44 bits per heavy atom. The standard InChI is InChI=1S/C8H4N4S4/c9-1-3-5(11-7(13)14)4(2-10)6(3)12-8(15)16/h(H2,11,13,14)(H2,12,15,16). The van der Waals surface area contributed by atoms with Crippen LogP contribution in [0.25, 0.3) is 0 Å². The van der Waals surface area contributed by atoms with Crippen LogP contribution in [0.4, 0.5) is 0 Å². The first-order valence-corrected chi connectivity index (χ1v) is 5.51. The fourth-order valence-corrected chi connectivity index (χ4v) is 1.55. The van der Waals surface area contributed by atoms with Crippen molar-refractivity contribution in [2.75, 3.05) is 0 Å². The molecule has 4 nitrogen and oxygen atoms in total. The lowest BCUT2D eigenvalue weighted by Gasteiger charge is -2.24. The molecule has 0 heterocycles. The van der Waals surface area contributed by atoms with Crippen molar-refractivity contribution in [1.29, 1.82) is 10.5 Å². The molecule has 0 fully saturated rings. The number of hydrogen-bond acceptors (Lipinski definition) is 4. The van der Waals surface area contributed by atoms with Crippen LogP contribution >= 0.6 is 49.7 Å². The van der Waals surface area contributed by atoms with Gasteiger partial charge >= 0.3 is 0 Å². The molecule has 16 heavy (non-hydrogen) atoms. The first-order valence-electron chi connectivity index (χ1n) is 3.80. The summed E-state index contributed by atoms with van der Waals surface area (Å²) in [7, 11) is 0. The molecule has 0 saturated carbocycles. The molecule has 0 radical (unpaired) electrons. The highest BCUT2D eigenvalue weighted by molar-refractivity contribution is 8.11. The number of thiol groups is 2. The molecular formula is C8H4N4S4. The minimum atomic E-state index is 0.183. The molecule has 0 aromatic heterocycles. The summed E-state index contributed by atoms with van der Waals surface area (Å²) >= 11 is 17.2. The highest BCUT2D eigenvalue weighted by Gasteiger charge is 2.30. The van der Waals surface area contributed by atoms with Crippen LogP contribution in [-0.4, -0.2) is 8.64 Å². The summed E-state index contributed by atoms with van der Waals surface area (Å²) in [6.07, 6.45) is 0. The predicted molar refractivity (Wildman–Crippen MR) is 74.7 cm³/mol. The molecule has 1 aliphatic rings. The van der Waals surface area contributed by atoms with E-state index in [-0.39, 0.29) is 19.8 Å². The molecular weight excluding hydrogens is 280 g/mol. The van der Waals surface area contributed by atoms with E-state index in [2.05, 4.69) is 35.9 Å². The Morgan fingerprint density at radius 1 is 0.938 bits per heavy atom. The molecule has 0 aromatic carbocycles. The third kappa shape index (κ3) is 2.54. The zero-order valence-electron chi connectivity index (χ0n) is 7.61. The molecule has 2 N–H and O–H groups in total. The third-order valence-electron chi connectivity index (χ3n) is 1.69. The Bertz CT molecular complexity index is 458. The number of nitrogens with zero attached hydrogens (tertiary/aromatic N) is 2. The number of nitrogens with one attached hydrogen (secondary N) is 2. The fraction of sp³-hybridized carbons (Fsp3) is 0. The third-order valence-corrected chi connectivity index (χ3v) is 2.12. The zero-order valence-corrected chi connectivity index (χ0v) is 11.0. The van der Waals surface area contributed by atoms with Gasteiger partial charge in [-0.3, -0.25) is 0 Å². The average Bonchev–Trinajstić information content (AvgIpc) is 2.16. The van der Waals surface area contributed by atoms with Crippen LogP contribution in [0.2, 0.25) is 0 Å². The molecule has 0 aromatic rings. The highest BCUT2D eigenvalue weighted by Crippen LogP contribution is 2.31. The summed E-state index contributed by atoms with van der Waals surface area (Å²) in [5.41, 5.74) is 1.28. The molecule has 1 rings (SSSR count). The van der Waals surface area contributed by atoms with E-state index in [9.17, 15) is 0 Å². The fourth-order valence-electron chi connectivity index (χ4n) is 1.12. The predicted octanol–water partition coefficient (Wildman–Crippen LogP) is 1.16. The zero-order chi connectivity index (χ0) is 12.3. The van der Waals surface area contributed by atoms with Crippen LogP contribution in [0.5, 0.6) is 0 Å². The van der Waals surface area contributed by atoms with Crippen molar-refractivity contribution < 1.29 is 0 Å². The first-order chi connectivity index (χ1) is 7.51. The van der Waals surface area contributed by atoms with Crippen LogP contribution in [0.1, 0.15) is 0 Å². The van der Waals surface area contributed by atoms with Crippen LogP contribution in [0.15, 0.2) is 22.5 Å². The summed E-state index contributed by atoms with van der Waals surface area (Å²) < 4.78 is 0.367. The molecule has 0 saturated heterocycles. The smallest absolute Gasteiger partial charge is 0.135 e. The summed E-state index contributed by atoms with van der Waals surface area (Å²) in [5.74, 6) is 0.